The Balaban J connectivity index is 1.60. The maximum atomic E-state index is 12.1. The third kappa shape index (κ3) is 3.38. The van der Waals surface area contributed by atoms with Crippen molar-refractivity contribution in [1.29, 1.82) is 0 Å². The number of ketones is 1. The van der Waals surface area contributed by atoms with Crippen LogP contribution in [0.5, 0.6) is 0 Å². The van der Waals surface area contributed by atoms with Crippen LogP contribution in [0.15, 0.2) is 35.7 Å². The number of nitrogens with zero attached hydrogens (tertiary/aromatic N) is 1. The molecule has 0 spiro atoms. The van der Waals surface area contributed by atoms with Crippen molar-refractivity contribution >= 4 is 34.7 Å². The zero-order chi connectivity index (χ0) is 17.1. The van der Waals surface area contributed by atoms with Crippen LogP contribution in [-0.2, 0) is 9.53 Å². The third-order valence-corrected chi connectivity index (χ3v) is 4.95. The van der Waals surface area contributed by atoms with E-state index in [-0.39, 0.29) is 18.3 Å². The number of carbonyl (C=O) groups excluding carboxylic acids is 3. The van der Waals surface area contributed by atoms with E-state index in [1.165, 1.54) is 11.3 Å². The van der Waals surface area contributed by atoms with Gasteiger partial charge in [0.2, 0.25) is 5.91 Å². The monoisotopic (exact) mass is 343 g/mol. The van der Waals surface area contributed by atoms with E-state index in [9.17, 15) is 14.4 Å². The number of amides is 1. The van der Waals surface area contributed by atoms with Crippen LogP contribution in [0.1, 0.15) is 38.4 Å². The minimum absolute atomic E-state index is 0.106. The first-order chi connectivity index (χ1) is 11.6. The molecule has 1 saturated heterocycles. The van der Waals surface area contributed by atoms with Crippen molar-refractivity contribution in [2.45, 2.75) is 19.8 Å². The van der Waals surface area contributed by atoms with E-state index in [1.807, 2.05) is 18.4 Å². The highest BCUT2D eigenvalue weighted by molar-refractivity contribution is 7.12. The molecule has 0 radical (unpaired) electrons. The van der Waals surface area contributed by atoms with Gasteiger partial charge in [0, 0.05) is 24.2 Å². The zero-order valence-corrected chi connectivity index (χ0v) is 14.1. The second-order valence-corrected chi connectivity index (χ2v) is 6.54. The second-order valence-electron chi connectivity index (χ2n) is 5.63. The Bertz CT molecular complexity index is 779. The van der Waals surface area contributed by atoms with E-state index in [0.717, 1.165) is 17.7 Å². The third-order valence-electron chi connectivity index (χ3n) is 3.96. The normalized spacial score (nSPS) is 14.0. The Labute approximate surface area is 143 Å². The fourth-order valence-corrected chi connectivity index (χ4v) is 3.43. The first-order valence-electron chi connectivity index (χ1n) is 7.71. The molecule has 0 bridgehead atoms. The zero-order valence-electron chi connectivity index (χ0n) is 13.3. The van der Waals surface area contributed by atoms with Crippen LogP contribution in [0.3, 0.4) is 0 Å². The Kier molecular flexibility index (Phi) is 4.76. The number of anilines is 1. The summed E-state index contributed by atoms with van der Waals surface area (Å²) in [5.41, 5.74) is 2.10. The van der Waals surface area contributed by atoms with Crippen molar-refractivity contribution < 1.29 is 19.1 Å². The maximum Gasteiger partial charge on any atom is 0.349 e. The summed E-state index contributed by atoms with van der Waals surface area (Å²) in [4.78, 5) is 38.0. The van der Waals surface area contributed by atoms with Crippen molar-refractivity contribution in [3.05, 3.63) is 51.7 Å². The lowest BCUT2D eigenvalue weighted by Gasteiger charge is -2.15. The van der Waals surface area contributed by atoms with Crippen LogP contribution >= 0.6 is 11.3 Å². The van der Waals surface area contributed by atoms with E-state index < -0.39 is 5.97 Å². The number of Topliss-reactive ketones (excluding diaryl/α,β-unsaturated/α-hetero) is 1. The van der Waals surface area contributed by atoms with Crippen LogP contribution in [-0.4, -0.2) is 30.8 Å². The number of hydrogen-bond acceptors (Lipinski definition) is 5. The summed E-state index contributed by atoms with van der Waals surface area (Å²) in [5, 5.41) is 1.81. The number of hydrogen-bond donors (Lipinski definition) is 0. The summed E-state index contributed by atoms with van der Waals surface area (Å²) in [7, 11) is 0. The van der Waals surface area contributed by atoms with Crippen molar-refractivity contribution in [3.8, 4) is 0 Å². The lowest BCUT2D eigenvalue weighted by Crippen LogP contribution is -2.23. The molecule has 0 atom stereocenters. The molecule has 0 N–H and O–H groups in total. The minimum Gasteiger partial charge on any atom is -0.453 e. The van der Waals surface area contributed by atoms with Gasteiger partial charge in [-0.25, -0.2) is 4.79 Å². The summed E-state index contributed by atoms with van der Waals surface area (Å²) >= 11 is 1.30. The van der Waals surface area contributed by atoms with Crippen LogP contribution in [0.2, 0.25) is 0 Å². The molecule has 1 aromatic heterocycles. The molecule has 1 amide bonds. The van der Waals surface area contributed by atoms with Gasteiger partial charge in [0.1, 0.15) is 4.88 Å². The van der Waals surface area contributed by atoms with Gasteiger partial charge in [-0.1, -0.05) is 0 Å². The number of carbonyl (C=O) groups is 3. The smallest absolute Gasteiger partial charge is 0.349 e. The van der Waals surface area contributed by atoms with E-state index in [4.69, 9.17) is 4.74 Å². The van der Waals surface area contributed by atoms with Crippen molar-refractivity contribution in [2.75, 3.05) is 18.1 Å². The Morgan fingerprint density at radius 2 is 1.96 bits per heavy atom. The van der Waals surface area contributed by atoms with E-state index in [0.29, 0.717) is 23.4 Å². The van der Waals surface area contributed by atoms with Gasteiger partial charge in [0.25, 0.3) is 0 Å². The van der Waals surface area contributed by atoms with Gasteiger partial charge in [0.05, 0.1) is 0 Å². The number of benzene rings is 1. The fourth-order valence-electron chi connectivity index (χ4n) is 2.61. The molecule has 1 aliphatic heterocycles. The Hall–Kier alpha value is -2.47. The van der Waals surface area contributed by atoms with Gasteiger partial charge >= 0.3 is 5.97 Å². The Morgan fingerprint density at radius 1 is 1.21 bits per heavy atom. The molecule has 0 unspecified atom stereocenters. The highest BCUT2D eigenvalue weighted by Gasteiger charge is 2.22. The molecule has 2 heterocycles. The average Bonchev–Trinajstić information content (AvgIpc) is 3.20. The van der Waals surface area contributed by atoms with Gasteiger partial charge in [0.15, 0.2) is 12.4 Å². The number of thiophene rings is 1. The molecule has 2 aromatic rings. The number of esters is 1. The predicted octanol–water partition coefficient (Wildman–Crippen LogP) is 3.22. The molecular formula is C18H17NO4S. The summed E-state index contributed by atoms with van der Waals surface area (Å²) in [6.45, 7) is 2.25. The van der Waals surface area contributed by atoms with Crippen molar-refractivity contribution in [3.63, 3.8) is 0 Å². The standard InChI is InChI=1S/C18H17NO4S/c1-12-8-10-24-17(12)18(22)23-11-15(20)13-4-6-14(7-5-13)19-9-2-3-16(19)21/h4-8,10H,2-3,9,11H2,1H3. The SMILES string of the molecule is Cc1ccsc1C(=O)OCC(=O)c1ccc(N2CCCC2=O)cc1. The summed E-state index contributed by atoms with van der Waals surface area (Å²) in [6.07, 6.45) is 1.43. The highest BCUT2D eigenvalue weighted by atomic mass is 32.1. The summed E-state index contributed by atoms with van der Waals surface area (Å²) in [5.74, 6) is -0.638. The minimum atomic E-state index is -0.477. The van der Waals surface area contributed by atoms with Crippen molar-refractivity contribution in [2.24, 2.45) is 0 Å². The average molecular weight is 343 g/mol. The van der Waals surface area contributed by atoms with Crippen LogP contribution in [0.25, 0.3) is 0 Å². The molecule has 24 heavy (non-hydrogen) atoms. The molecule has 6 heteroatoms. The van der Waals surface area contributed by atoms with E-state index >= 15 is 0 Å². The van der Waals surface area contributed by atoms with Gasteiger partial charge in [-0.2, -0.15) is 0 Å². The molecule has 1 aromatic carbocycles. The summed E-state index contributed by atoms with van der Waals surface area (Å²) in [6, 6.07) is 8.66. The fraction of sp³-hybridized carbons (Fsp3) is 0.278. The van der Waals surface area contributed by atoms with Crippen LogP contribution < -0.4 is 4.90 Å². The lowest BCUT2D eigenvalue weighted by atomic mass is 10.1. The van der Waals surface area contributed by atoms with Gasteiger partial charge < -0.3 is 9.64 Å². The molecule has 3 rings (SSSR count). The molecule has 1 fully saturated rings. The van der Waals surface area contributed by atoms with E-state index in [2.05, 4.69) is 0 Å². The Morgan fingerprint density at radius 3 is 2.54 bits per heavy atom. The molecule has 0 aliphatic carbocycles. The maximum absolute atomic E-state index is 12.1. The number of rotatable bonds is 5. The number of aryl methyl sites for hydroxylation is 1. The van der Waals surface area contributed by atoms with Gasteiger partial charge in [-0.15, -0.1) is 11.3 Å². The second kappa shape index (κ2) is 6.97. The summed E-state index contributed by atoms with van der Waals surface area (Å²) < 4.78 is 5.09. The highest BCUT2D eigenvalue weighted by Crippen LogP contribution is 2.22. The lowest BCUT2D eigenvalue weighted by molar-refractivity contribution is -0.117. The van der Waals surface area contributed by atoms with Crippen LogP contribution in [0.4, 0.5) is 5.69 Å². The quantitative estimate of drug-likeness (QED) is 0.618. The van der Waals surface area contributed by atoms with Crippen LogP contribution in [0, 0.1) is 6.92 Å². The van der Waals surface area contributed by atoms with Crippen molar-refractivity contribution in [1.82, 2.24) is 0 Å². The largest absolute Gasteiger partial charge is 0.453 e. The van der Waals surface area contributed by atoms with Gasteiger partial charge in [-0.3, -0.25) is 9.59 Å². The topological polar surface area (TPSA) is 63.7 Å². The van der Waals surface area contributed by atoms with E-state index in [1.54, 1.807) is 29.2 Å². The molecule has 1 aliphatic rings. The molecule has 5 nitrogen and oxygen atoms in total. The van der Waals surface area contributed by atoms with Gasteiger partial charge in [-0.05, 0) is 54.6 Å². The molecule has 124 valence electrons. The first kappa shape index (κ1) is 16.4. The predicted molar refractivity (Wildman–Crippen MR) is 91.7 cm³/mol. The molecule has 0 saturated carbocycles. The molecular weight excluding hydrogens is 326 g/mol. The number of ether oxygens (including phenoxy) is 1. The first-order valence-corrected chi connectivity index (χ1v) is 8.59.